The summed E-state index contributed by atoms with van der Waals surface area (Å²) in [7, 11) is 0. The summed E-state index contributed by atoms with van der Waals surface area (Å²) in [6.45, 7) is 8.43. The summed E-state index contributed by atoms with van der Waals surface area (Å²) in [4.78, 5) is 27.9. The number of amides is 2. The third-order valence-corrected chi connectivity index (χ3v) is 4.32. The van der Waals surface area contributed by atoms with Crippen LogP contribution in [0.2, 0.25) is 0 Å². The van der Waals surface area contributed by atoms with Crippen LogP contribution in [0.15, 0.2) is 0 Å². The van der Waals surface area contributed by atoms with Crippen LogP contribution < -0.4 is 5.32 Å². The van der Waals surface area contributed by atoms with Crippen molar-refractivity contribution in [2.75, 3.05) is 45.9 Å². The molecule has 0 bridgehead atoms. The van der Waals surface area contributed by atoms with Gasteiger partial charge in [-0.2, -0.15) is 0 Å². The third kappa shape index (κ3) is 3.23. The Labute approximate surface area is 120 Å². The molecule has 2 fully saturated rings. The van der Waals surface area contributed by atoms with Gasteiger partial charge in [0.05, 0.1) is 6.61 Å². The molecular weight excluding hydrogens is 258 g/mol. The molecule has 6 heteroatoms. The molecule has 2 heterocycles. The second-order valence-corrected chi connectivity index (χ2v) is 5.79. The van der Waals surface area contributed by atoms with Crippen LogP contribution in [0.4, 0.5) is 4.79 Å². The zero-order chi connectivity index (χ0) is 14.6. The lowest BCUT2D eigenvalue weighted by atomic mass is 9.79. The van der Waals surface area contributed by atoms with Gasteiger partial charge in [-0.1, -0.05) is 6.92 Å². The van der Waals surface area contributed by atoms with E-state index >= 15 is 0 Å². The second kappa shape index (κ2) is 6.43. The highest BCUT2D eigenvalue weighted by atomic mass is 16.6. The number of carbonyl (C=O) groups is 2. The zero-order valence-corrected chi connectivity index (χ0v) is 12.5. The molecule has 0 aromatic heterocycles. The van der Waals surface area contributed by atoms with Gasteiger partial charge in [-0.15, -0.1) is 0 Å². The van der Waals surface area contributed by atoms with Crippen molar-refractivity contribution in [2.24, 2.45) is 5.41 Å². The molecule has 0 aliphatic carbocycles. The van der Waals surface area contributed by atoms with Gasteiger partial charge in [-0.3, -0.25) is 4.79 Å². The summed E-state index contributed by atoms with van der Waals surface area (Å²) in [5.74, 6) is 0.238. The van der Waals surface area contributed by atoms with E-state index in [1.54, 1.807) is 11.8 Å². The minimum atomic E-state index is -0.271. The van der Waals surface area contributed by atoms with Gasteiger partial charge in [0.1, 0.15) is 0 Å². The first-order valence-electron chi connectivity index (χ1n) is 7.48. The number of ether oxygens (including phenoxy) is 1. The molecule has 0 spiro atoms. The Kier molecular flexibility index (Phi) is 4.86. The van der Waals surface area contributed by atoms with Gasteiger partial charge in [0.25, 0.3) is 0 Å². The molecule has 2 amide bonds. The summed E-state index contributed by atoms with van der Waals surface area (Å²) < 4.78 is 4.99. The van der Waals surface area contributed by atoms with E-state index in [1.165, 1.54) is 0 Å². The molecule has 2 aliphatic heterocycles. The van der Waals surface area contributed by atoms with Crippen molar-refractivity contribution >= 4 is 12.0 Å². The molecule has 2 rings (SSSR count). The van der Waals surface area contributed by atoms with Crippen LogP contribution in [-0.4, -0.2) is 67.7 Å². The zero-order valence-electron chi connectivity index (χ0n) is 12.5. The molecule has 1 N–H and O–H groups in total. The normalized spacial score (nSPS) is 22.5. The molecule has 0 unspecified atom stereocenters. The Balaban J connectivity index is 1.87. The Morgan fingerprint density at radius 1 is 1.10 bits per heavy atom. The van der Waals surface area contributed by atoms with Crippen LogP contribution in [0.25, 0.3) is 0 Å². The fraction of sp³-hybridized carbons (Fsp3) is 0.857. The van der Waals surface area contributed by atoms with Crippen LogP contribution in [0.5, 0.6) is 0 Å². The lowest BCUT2D eigenvalue weighted by Crippen LogP contribution is -2.55. The summed E-state index contributed by atoms with van der Waals surface area (Å²) in [5.41, 5.74) is -0.239. The van der Waals surface area contributed by atoms with Gasteiger partial charge in [-0.05, 0) is 32.9 Å². The first-order valence-corrected chi connectivity index (χ1v) is 7.48. The summed E-state index contributed by atoms with van der Waals surface area (Å²) in [5, 5.41) is 3.29. The first-order chi connectivity index (χ1) is 9.57. The summed E-state index contributed by atoms with van der Waals surface area (Å²) in [6.07, 6.45) is 1.51. The van der Waals surface area contributed by atoms with Crippen LogP contribution in [-0.2, 0) is 9.53 Å². The van der Waals surface area contributed by atoms with Crippen molar-refractivity contribution in [3.8, 4) is 0 Å². The van der Waals surface area contributed by atoms with Crippen LogP contribution in [0.1, 0.15) is 26.7 Å². The predicted molar refractivity (Wildman–Crippen MR) is 75.4 cm³/mol. The van der Waals surface area contributed by atoms with Crippen LogP contribution >= 0.6 is 0 Å². The van der Waals surface area contributed by atoms with E-state index in [-0.39, 0.29) is 17.4 Å². The molecule has 0 aromatic rings. The predicted octanol–water partition coefficient (Wildman–Crippen LogP) is 0.677. The van der Waals surface area contributed by atoms with E-state index in [0.29, 0.717) is 32.8 Å². The summed E-state index contributed by atoms with van der Waals surface area (Å²) >= 11 is 0. The van der Waals surface area contributed by atoms with Crippen LogP contribution in [0, 0.1) is 5.41 Å². The maximum absolute atomic E-state index is 12.6. The molecule has 0 aromatic carbocycles. The fourth-order valence-electron chi connectivity index (χ4n) is 2.88. The van der Waals surface area contributed by atoms with Gasteiger partial charge in [0.15, 0.2) is 0 Å². The lowest BCUT2D eigenvalue weighted by molar-refractivity contribution is -0.144. The van der Waals surface area contributed by atoms with Crippen molar-refractivity contribution in [1.82, 2.24) is 15.1 Å². The highest BCUT2D eigenvalue weighted by Crippen LogP contribution is 2.30. The quantitative estimate of drug-likeness (QED) is 0.809. The van der Waals surface area contributed by atoms with Gasteiger partial charge in [-0.25, -0.2) is 4.79 Å². The number of carbonyl (C=O) groups excluding carboxylic acids is 2. The molecule has 2 saturated heterocycles. The van der Waals surface area contributed by atoms with E-state index in [4.69, 9.17) is 4.74 Å². The van der Waals surface area contributed by atoms with E-state index < -0.39 is 0 Å². The van der Waals surface area contributed by atoms with E-state index in [2.05, 4.69) is 12.2 Å². The Bertz CT molecular complexity index is 359. The third-order valence-electron chi connectivity index (χ3n) is 4.32. The monoisotopic (exact) mass is 283 g/mol. The topological polar surface area (TPSA) is 61.9 Å². The molecular formula is C14H25N3O3. The smallest absolute Gasteiger partial charge is 0.409 e. The highest BCUT2D eigenvalue weighted by molar-refractivity contribution is 5.82. The van der Waals surface area contributed by atoms with Crippen molar-refractivity contribution in [3.05, 3.63) is 0 Å². The molecule has 6 nitrogen and oxygen atoms in total. The van der Waals surface area contributed by atoms with Crippen LogP contribution in [0.3, 0.4) is 0 Å². The van der Waals surface area contributed by atoms with Crippen molar-refractivity contribution in [1.29, 1.82) is 0 Å². The SMILES string of the molecule is CCOC(=O)N1CCN(C(=O)C2(C)CCNCC2)CC1. The maximum Gasteiger partial charge on any atom is 0.409 e. The van der Waals surface area contributed by atoms with E-state index in [1.807, 2.05) is 4.90 Å². The first kappa shape index (κ1) is 15.1. The fourth-order valence-corrected chi connectivity index (χ4v) is 2.88. The molecule has 2 aliphatic rings. The van der Waals surface area contributed by atoms with Gasteiger partial charge >= 0.3 is 6.09 Å². The average molecular weight is 283 g/mol. The van der Waals surface area contributed by atoms with Gasteiger partial charge < -0.3 is 19.9 Å². The highest BCUT2D eigenvalue weighted by Gasteiger charge is 2.38. The number of nitrogens with zero attached hydrogens (tertiary/aromatic N) is 2. The largest absolute Gasteiger partial charge is 0.450 e. The van der Waals surface area contributed by atoms with Crippen molar-refractivity contribution in [3.63, 3.8) is 0 Å². The molecule has 0 atom stereocenters. The Morgan fingerprint density at radius 2 is 1.65 bits per heavy atom. The molecule has 0 saturated carbocycles. The number of hydrogen-bond acceptors (Lipinski definition) is 4. The second-order valence-electron chi connectivity index (χ2n) is 5.79. The lowest BCUT2D eigenvalue weighted by Gasteiger charge is -2.41. The van der Waals surface area contributed by atoms with Gasteiger partial charge in [0.2, 0.25) is 5.91 Å². The maximum atomic E-state index is 12.6. The Hall–Kier alpha value is -1.30. The average Bonchev–Trinajstić information content (AvgIpc) is 2.48. The van der Waals surface area contributed by atoms with Crippen molar-refractivity contribution < 1.29 is 14.3 Å². The number of piperazine rings is 1. The Morgan fingerprint density at radius 3 is 2.20 bits per heavy atom. The van der Waals surface area contributed by atoms with Crippen molar-refractivity contribution in [2.45, 2.75) is 26.7 Å². The number of piperidine rings is 1. The molecule has 20 heavy (non-hydrogen) atoms. The number of nitrogens with one attached hydrogen (secondary N) is 1. The van der Waals surface area contributed by atoms with E-state index in [0.717, 1.165) is 25.9 Å². The molecule has 114 valence electrons. The van der Waals surface area contributed by atoms with E-state index in [9.17, 15) is 9.59 Å². The minimum absolute atomic E-state index is 0.238. The standard InChI is InChI=1S/C14H25N3O3/c1-3-20-13(19)17-10-8-16(9-11-17)12(18)14(2)4-6-15-7-5-14/h15H,3-11H2,1-2H3. The summed E-state index contributed by atoms with van der Waals surface area (Å²) in [6, 6.07) is 0. The van der Waals surface area contributed by atoms with Gasteiger partial charge in [0, 0.05) is 31.6 Å². The minimum Gasteiger partial charge on any atom is -0.450 e. The molecule has 0 radical (unpaired) electrons. The number of hydrogen-bond donors (Lipinski definition) is 1. The number of rotatable bonds is 2.